The molecule has 46 heavy (non-hydrogen) atoms. The van der Waals surface area contributed by atoms with Crippen LogP contribution in [0.2, 0.25) is 0 Å². The zero-order valence-electron chi connectivity index (χ0n) is 25.3. The second kappa shape index (κ2) is 10.9. The van der Waals surface area contributed by atoms with Gasteiger partial charge in [0.25, 0.3) is 0 Å². The third kappa shape index (κ3) is 4.30. The number of rotatable bonds is 4. The molecular formula is C46H30. The molecule has 0 heteroatoms. The topological polar surface area (TPSA) is 0 Å². The Balaban J connectivity index is 1.30. The van der Waals surface area contributed by atoms with Gasteiger partial charge in [-0.05, 0) is 99.7 Å². The maximum absolute atomic E-state index is 2.42. The summed E-state index contributed by atoms with van der Waals surface area (Å²) >= 11 is 0. The van der Waals surface area contributed by atoms with Crippen LogP contribution in [0.3, 0.4) is 0 Å². The largest absolute Gasteiger partial charge is 0.0622 e. The molecule has 0 aromatic heterocycles. The molecule has 9 aromatic carbocycles. The van der Waals surface area contributed by atoms with Crippen molar-refractivity contribution in [2.45, 2.75) is 0 Å². The van der Waals surface area contributed by atoms with Crippen molar-refractivity contribution in [3.8, 4) is 44.5 Å². The van der Waals surface area contributed by atoms with Crippen molar-refractivity contribution < 1.29 is 0 Å². The fourth-order valence-electron chi connectivity index (χ4n) is 7.36. The minimum Gasteiger partial charge on any atom is -0.0622 e. The van der Waals surface area contributed by atoms with Gasteiger partial charge in [0.05, 0.1) is 0 Å². The lowest BCUT2D eigenvalue weighted by atomic mass is 9.84. The van der Waals surface area contributed by atoms with Crippen LogP contribution in [0.4, 0.5) is 0 Å². The van der Waals surface area contributed by atoms with Gasteiger partial charge in [-0.25, -0.2) is 0 Å². The average molecular weight is 583 g/mol. The predicted octanol–water partition coefficient (Wildman–Crippen LogP) is 13.0. The number of benzene rings is 9. The van der Waals surface area contributed by atoms with Gasteiger partial charge in [-0.2, -0.15) is 0 Å². The first-order chi connectivity index (χ1) is 22.8. The van der Waals surface area contributed by atoms with Crippen molar-refractivity contribution in [3.05, 3.63) is 182 Å². The van der Waals surface area contributed by atoms with Gasteiger partial charge in [0.1, 0.15) is 0 Å². The van der Waals surface area contributed by atoms with Crippen LogP contribution in [0, 0.1) is 0 Å². The van der Waals surface area contributed by atoms with Crippen LogP contribution in [-0.4, -0.2) is 0 Å². The van der Waals surface area contributed by atoms with E-state index in [9.17, 15) is 0 Å². The van der Waals surface area contributed by atoms with Crippen LogP contribution in [0.5, 0.6) is 0 Å². The van der Waals surface area contributed by atoms with E-state index in [4.69, 9.17) is 0 Å². The molecule has 0 atom stereocenters. The molecule has 0 unspecified atom stereocenters. The van der Waals surface area contributed by atoms with Crippen LogP contribution in [-0.2, 0) is 0 Å². The zero-order chi connectivity index (χ0) is 30.5. The van der Waals surface area contributed by atoms with E-state index in [0.29, 0.717) is 0 Å². The molecule has 0 saturated carbocycles. The fraction of sp³-hybridized carbons (Fsp3) is 0. The Morgan fingerprint density at radius 3 is 1.30 bits per heavy atom. The normalized spacial score (nSPS) is 11.5. The summed E-state index contributed by atoms with van der Waals surface area (Å²) in [6.45, 7) is 0. The Morgan fingerprint density at radius 2 is 0.652 bits per heavy atom. The second-order valence-electron chi connectivity index (χ2n) is 12.1. The fourth-order valence-corrected chi connectivity index (χ4v) is 7.36. The van der Waals surface area contributed by atoms with E-state index < -0.39 is 0 Å². The van der Waals surface area contributed by atoms with Gasteiger partial charge < -0.3 is 0 Å². The van der Waals surface area contributed by atoms with Crippen LogP contribution in [0.1, 0.15) is 0 Å². The molecule has 9 aromatic rings. The van der Waals surface area contributed by atoms with Crippen molar-refractivity contribution in [1.29, 1.82) is 0 Å². The Labute approximate surface area is 268 Å². The van der Waals surface area contributed by atoms with Crippen LogP contribution < -0.4 is 0 Å². The summed E-state index contributed by atoms with van der Waals surface area (Å²) in [5.74, 6) is 0. The molecule has 0 saturated heterocycles. The van der Waals surface area contributed by atoms with E-state index in [0.717, 1.165) is 0 Å². The van der Waals surface area contributed by atoms with E-state index in [2.05, 4.69) is 182 Å². The highest BCUT2D eigenvalue weighted by atomic mass is 14.2. The van der Waals surface area contributed by atoms with E-state index in [1.807, 2.05) is 0 Å². The highest BCUT2D eigenvalue weighted by Gasteiger charge is 2.18. The standard InChI is InChI=1S/C46H30/c1-3-14-32(15-4-1)45-41-21-9-10-22-42(41)46(33-16-5-2-6-17-33)44-30-36(26-28-43(44)45)39-24-12-19-34-29-35(25-27-40(34)39)38-23-11-18-31-13-7-8-20-37(31)38/h1-30H. The lowest BCUT2D eigenvalue weighted by Gasteiger charge is -2.19. The van der Waals surface area contributed by atoms with E-state index in [1.54, 1.807) is 0 Å². The average Bonchev–Trinajstić information content (AvgIpc) is 3.13. The molecule has 0 N–H and O–H groups in total. The molecule has 0 aliphatic heterocycles. The van der Waals surface area contributed by atoms with Gasteiger partial charge >= 0.3 is 0 Å². The van der Waals surface area contributed by atoms with Gasteiger partial charge in [0.2, 0.25) is 0 Å². The molecule has 9 rings (SSSR count). The maximum atomic E-state index is 2.42. The number of hydrogen-bond donors (Lipinski definition) is 0. The van der Waals surface area contributed by atoms with E-state index >= 15 is 0 Å². The predicted molar refractivity (Wildman–Crippen MR) is 198 cm³/mol. The lowest BCUT2D eigenvalue weighted by molar-refractivity contribution is 1.64. The zero-order valence-corrected chi connectivity index (χ0v) is 25.3. The first-order valence-electron chi connectivity index (χ1n) is 15.9. The third-order valence-corrected chi connectivity index (χ3v) is 9.44. The summed E-state index contributed by atoms with van der Waals surface area (Å²) in [4.78, 5) is 0. The highest BCUT2D eigenvalue weighted by Crippen LogP contribution is 2.45. The summed E-state index contributed by atoms with van der Waals surface area (Å²) in [6, 6.07) is 66.5. The molecule has 0 aliphatic rings. The molecule has 0 amide bonds. The summed E-state index contributed by atoms with van der Waals surface area (Å²) in [6.07, 6.45) is 0. The van der Waals surface area contributed by atoms with Crippen LogP contribution in [0.15, 0.2) is 182 Å². The monoisotopic (exact) mass is 582 g/mol. The highest BCUT2D eigenvalue weighted by molar-refractivity contribution is 6.22. The maximum Gasteiger partial charge on any atom is -0.00262 e. The SMILES string of the molecule is c1ccc(-c2c3ccccc3c(-c3ccccc3)c3cc(-c4cccc5cc(-c6cccc7ccccc67)ccc45)ccc23)cc1. The molecule has 214 valence electrons. The molecule has 0 radical (unpaired) electrons. The van der Waals surface area contributed by atoms with Crippen LogP contribution >= 0.6 is 0 Å². The molecule has 0 fully saturated rings. The second-order valence-corrected chi connectivity index (χ2v) is 12.1. The smallest absolute Gasteiger partial charge is 0.00262 e. The van der Waals surface area contributed by atoms with E-state index in [-0.39, 0.29) is 0 Å². The summed E-state index contributed by atoms with van der Waals surface area (Å²) in [5.41, 5.74) is 10.0. The van der Waals surface area contributed by atoms with Crippen molar-refractivity contribution >= 4 is 43.1 Å². The molecule has 0 heterocycles. The summed E-state index contributed by atoms with van der Waals surface area (Å²) in [7, 11) is 0. The lowest BCUT2D eigenvalue weighted by Crippen LogP contribution is -1.92. The Bertz CT molecular complexity index is 2550. The van der Waals surface area contributed by atoms with E-state index in [1.165, 1.54) is 87.6 Å². The Hall–Kier alpha value is -5.98. The molecule has 0 bridgehead atoms. The molecule has 0 nitrogen and oxygen atoms in total. The number of hydrogen-bond acceptors (Lipinski definition) is 0. The molecular weight excluding hydrogens is 553 g/mol. The van der Waals surface area contributed by atoms with Crippen molar-refractivity contribution in [1.82, 2.24) is 0 Å². The summed E-state index contributed by atoms with van der Waals surface area (Å²) in [5, 5.41) is 10.1. The van der Waals surface area contributed by atoms with Crippen molar-refractivity contribution in [2.75, 3.05) is 0 Å². The molecule has 0 spiro atoms. The first kappa shape index (κ1) is 26.4. The Morgan fingerprint density at radius 1 is 0.217 bits per heavy atom. The minimum absolute atomic E-state index is 1.22. The third-order valence-electron chi connectivity index (χ3n) is 9.44. The van der Waals surface area contributed by atoms with Crippen molar-refractivity contribution in [3.63, 3.8) is 0 Å². The van der Waals surface area contributed by atoms with Gasteiger partial charge in [-0.3, -0.25) is 0 Å². The minimum atomic E-state index is 1.22. The van der Waals surface area contributed by atoms with Crippen LogP contribution in [0.25, 0.3) is 87.6 Å². The van der Waals surface area contributed by atoms with Gasteiger partial charge in [-0.15, -0.1) is 0 Å². The van der Waals surface area contributed by atoms with Gasteiger partial charge in [0, 0.05) is 0 Å². The van der Waals surface area contributed by atoms with Crippen molar-refractivity contribution in [2.24, 2.45) is 0 Å². The van der Waals surface area contributed by atoms with Gasteiger partial charge in [-0.1, -0.05) is 170 Å². The Kier molecular flexibility index (Phi) is 6.25. The molecule has 0 aliphatic carbocycles. The van der Waals surface area contributed by atoms with Gasteiger partial charge in [0.15, 0.2) is 0 Å². The quantitative estimate of drug-likeness (QED) is 0.181. The summed E-state index contributed by atoms with van der Waals surface area (Å²) < 4.78 is 0. The number of fused-ring (bicyclic) bond motifs is 4. The first-order valence-corrected chi connectivity index (χ1v) is 15.9.